The van der Waals surface area contributed by atoms with E-state index in [-0.39, 0.29) is 18.1 Å². The molecule has 0 radical (unpaired) electrons. The first-order chi connectivity index (χ1) is 8.45. The van der Waals surface area contributed by atoms with Crippen molar-refractivity contribution in [3.8, 4) is 0 Å². The first kappa shape index (κ1) is 14.8. The summed E-state index contributed by atoms with van der Waals surface area (Å²) in [5.74, 6) is -0.978. The SMILES string of the molecule is CCC[C@H](NC(=O)N1CCC(O)C(C)C1)C(=O)O. The van der Waals surface area contributed by atoms with E-state index in [1.807, 2.05) is 13.8 Å². The second-order valence-electron chi connectivity index (χ2n) is 4.91. The highest BCUT2D eigenvalue weighted by atomic mass is 16.4. The Morgan fingerprint density at radius 2 is 2.17 bits per heavy atom. The number of aliphatic carboxylic acids is 1. The van der Waals surface area contributed by atoms with Crippen LogP contribution in [0.25, 0.3) is 0 Å². The van der Waals surface area contributed by atoms with Crippen molar-refractivity contribution in [1.82, 2.24) is 10.2 Å². The van der Waals surface area contributed by atoms with Crippen LogP contribution >= 0.6 is 0 Å². The number of urea groups is 1. The number of hydrogen-bond acceptors (Lipinski definition) is 3. The largest absolute Gasteiger partial charge is 0.480 e. The maximum atomic E-state index is 11.9. The number of rotatable bonds is 4. The van der Waals surface area contributed by atoms with E-state index in [0.29, 0.717) is 32.4 Å². The minimum Gasteiger partial charge on any atom is -0.480 e. The van der Waals surface area contributed by atoms with Gasteiger partial charge in [0, 0.05) is 13.1 Å². The summed E-state index contributed by atoms with van der Waals surface area (Å²) in [6, 6.07) is -1.18. The molecule has 0 spiro atoms. The van der Waals surface area contributed by atoms with Crippen LogP contribution in [-0.4, -0.2) is 52.3 Å². The Labute approximate surface area is 107 Å². The number of piperidine rings is 1. The van der Waals surface area contributed by atoms with Crippen molar-refractivity contribution >= 4 is 12.0 Å². The highest BCUT2D eigenvalue weighted by molar-refractivity contribution is 5.82. The maximum absolute atomic E-state index is 11.9. The second-order valence-corrected chi connectivity index (χ2v) is 4.91. The van der Waals surface area contributed by atoms with Crippen LogP contribution in [0.15, 0.2) is 0 Å². The Hall–Kier alpha value is -1.30. The predicted octanol–water partition coefficient (Wildman–Crippen LogP) is 0.652. The molecule has 1 saturated heterocycles. The van der Waals surface area contributed by atoms with Crippen LogP contribution in [0.1, 0.15) is 33.1 Å². The molecule has 1 fully saturated rings. The minimum atomic E-state index is -1.00. The zero-order chi connectivity index (χ0) is 13.7. The van der Waals surface area contributed by atoms with Crippen LogP contribution in [0.4, 0.5) is 4.79 Å². The summed E-state index contributed by atoms with van der Waals surface area (Å²) in [5.41, 5.74) is 0. The maximum Gasteiger partial charge on any atom is 0.326 e. The molecule has 0 saturated carbocycles. The number of nitrogens with one attached hydrogen (secondary N) is 1. The first-order valence-electron chi connectivity index (χ1n) is 6.42. The molecule has 2 unspecified atom stereocenters. The van der Waals surface area contributed by atoms with Crippen molar-refractivity contribution in [1.29, 1.82) is 0 Å². The number of nitrogens with zero attached hydrogens (tertiary/aromatic N) is 1. The van der Waals surface area contributed by atoms with Crippen molar-refractivity contribution in [2.45, 2.75) is 45.3 Å². The van der Waals surface area contributed by atoms with E-state index < -0.39 is 12.0 Å². The van der Waals surface area contributed by atoms with Gasteiger partial charge in [-0.25, -0.2) is 9.59 Å². The lowest BCUT2D eigenvalue weighted by atomic mass is 9.97. The monoisotopic (exact) mass is 258 g/mol. The van der Waals surface area contributed by atoms with Crippen LogP contribution in [0.3, 0.4) is 0 Å². The average molecular weight is 258 g/mol. The summed E-state index contributed by atoms with van der Waals surface area (Å²) in [6.45, 7) is 4.69. The molecule has 1 rings (SSSR count). The van der Waals surface area contributed by atoms with Gasteiger partial charge in [-0.05, 0) is 18.8 Å². The van der Waals surface area contributed by atoms with Crippen molar-refractivity contribution in [2.24, 2.45) is 5.92 Å². The normalized spacial score (nSPS) is 25.6. The summed E-state index contributed by atoms with van der Waals surface area (Å²) in [5, 5.41) is 21.1. The van der Waals surface area contributed by atoms with Crippen LogP contribution in [0, 0.1) is 5.92 Å². The van der Waals surface area contributed by atoms with Gasteiger partial charge in [-0.2, -0.15) is 0 Å². The number of aliphatic hydroxyl groups is 1. The lowest BCUT2D eigenvalue weighted by Gasteiger charge is -2.34. The number of likely N-dealkylation sites (tertiary alicyclic amines) is 1. The van der Waals surface area contributed by atoms with E-state index in [0.717, 1.165) is 0 Å². The third-order valence-corrected chi connectivity index (χ3v) is 3.32. The van der Waals surface area contributed by atoms with E-state index in [2.05, 4.69) is 5.32 Å². The van der Waals surface area contributed by atoms with E-state index in [1.165, 1.54) is 0 Å². The van der Waals surface area contributed by atoms with Crippen LogP contribution in [0.2, 0.25) is 0 Å². The molecule has 0 aromatic rings. The average Bonchev–Trinajstić information content (AvgIpc) is 2.31. The Balaban J connectivity index is 2.51. The topological polar surface area (TPSA) is 89.9 Å². The van der Waals surface area contributed by atoms with E-state index >= 15 is 0 Å². The van der Waals surface area contributed by atoms with E-state index in [4.69, 9.17) is 5.11 Å². The van der Waals surface area contributed by atoms with Gasteiger partial charge in [0.1, 0.15) is 6.04 Å². The van der Waals surface area contributed by atoms with Gasteiger partial charge >= 0.3 is 12.0 Å². The summed E-state index contributed by atoms with van der Waals surface area (Å²) in [6.07, 6.45) is 1.29. The molecule has 6 nitrogen and oxygen atoms in total. The van der Waals surface area contributed by atoms with Gasteiger partial charge < -0.3 is 20.4 Å². The van der Waals surface area contributed by atoms with Gasteiger partial charge in [-0.15, -0.1) is 0 Å². The minimum absolute atomic E-state index is 0.0268. The Morgan fingerprint density at radius 3 is 2.67 bits per heavy atom. The fourth-order valence-electron chi connectivity index (χ4n) is 2.10. The Kier molecular flexibility index (Phi) is 5.40. The van der Waals surface area contributed by atoms with Crippen molar-refractivity contribution in [2.75, 3.05) is 13.1 Å². The number of carbonyl (C=O) groups excluding carboxylic acids is 1. The van der Waals surface area contributed by atoms with Gasteiger partial charge in [0.2, 0.25) is 0 Å². The molecule has 3 atom stereocenters. The van der Waals surface area contributed by atoms with Gasteiger partial charge in [0.05, 0.1) is 6.10 Å². The van der Waals surface area contributed by atoms with Crippen molar-refractivity contribution < 1.29 is 19.8 Å². The molecular weight excluding hydrogens is 236 g/mol. The highest BCUT2D eigenvalue weighted by Crippen LogP contribution is 2.16. The molecule has 3 N–H and O–H groups in total. The van der Waals surface area contributed by atoms with Crippen LogP contribution in [0.5, 0.6) is 0 Å². The quantitative estimate of drug-likeness (QED) is 0.690. The van der Waals surface area contributed by atoms with Crippen LogP contribution in [-0.2, 0) is 4.79 Å². The molecule has 1 aliphatic rings. The van der Waals surface area contributed by atoms with E-state index in [9.17, 15) is 14.7 Å². The fraction of sp³-hybridized carbons (Fsp3) is 0.833. The molecular formula is C12H22N2O4. The van der Waals surface area contributed by atoms with E-state index in [1.54, 1.807) is 4.90 Å². The number of carboxylic acids is 1. The second kappa shape index (κ2) is 6.58. The molecule has 0 aliphatic carbocycles. The number of amides is 2. The summed E-state index contributed by atoms with van der Waals surface area (Å²) >= 11 is 0. The molecule has 6 heteroatoms. The predicted molar refractivity (Wildman–Crippen MR) is 66.2 cm³/mol. The molecule has 0 bridgehead atoms. The number of hydrogen-bond donors (Lipinski definition) is 3. The van der Waals surface area contributed by atoms with Gasteiger partial charge in [0.25, 0.3) is 0 Å². The van der Waals surface area contributed by atoms with Gasteiger partial charge in [-0.3, -0.25) is 0 Å². The zero-order valence-corrected chi connectivity index (χ0v) is 10.9. The lowest BCUT2D eigenvalue weighted by molar-refractivity contribution is -0.139. The smallest absolute Gasteiger partial charge is 0.326 e. The number of carboxylic acid groups (broad SMARTS) is 1. The molecule has 104 valence electrons. The van der Waals surface area contributed by atoms with Gasteiger partial charge in [-0.1, -0.05) is 20.3 Å². The molecule has 18 heavy (non-hydrogen) atoms. The Morgan fingerprint density at radius 1 is 1.50 bits per heavy atom. The summed E-state index contributed by atoms with van der Waals surface area (Å²) < 4.78 is 0. The van der Waals surface area contributed by atoms with Crippen molar-refractivity contribution in [3.63, 3.8) is 0 Å². The Bertz CT molecular complexity index is 308. The molecule has 1 heterocycles. The molecule has 0 aromatic heterocycles. The molecule has 0 aromatic carbocycles. The third kappa shape index (κ3) is 3.87. The highest BCUT2D eigenvalue weighted by Gasteiger charge is 2.29. The van der Waals surface area contributed by atoms with Gasteiger partial charge in [0.15, 0.2) is 0 Å². The molecule has 2 amide bonds. The molecule has 1 aliphatic heterocycles. The summed E-state index contributed by atoms with van der Waals surface area (Å²) in [7, 11) is 0. The first-order valence-corrected chi connectivity index (χ1v) is 6.42. The standard InChI is InChI=1S/C12H22N2O4/c1-3-4-9(11(16)17)13-12(18)14-6-5-10(15)8(2)7-14/h8-10,15H,3-7H2,1-2H3,(H,13,18)(H,16,17)/t8?,9-,10?/m0/s1. The van der Waals surface area contributed by atoms with Crippen LogP contribution < -0.4 is 5.32 Å². The number of aliphatic hydroxyl groups excluding tert-OH is 1. The lowest BCUT2D eigenvalue weighted by Crippen LogP contribution is -2.52. The third-order valence-electron chi connectivity index (χ3n) is 3.32. The zero-order valence-electron chi connectivity index (χ0n) is 10.9. The summed E-state index contributed by atoms with van der Waals surface area (Å²) in [4.78, 5) is 24.4. The fourth-order valence-corrected chi connectivity index (χ4v) is 2.10. The number of carbonyl (C=O) groups is 2. The van der Waals surface area contributed by atoms with Crippen molar-refractivity contribution in [3.05, 3.63) is 0 Å².